The van der Waals surface area contributed by atoms with Crippen LogP contribution >= 0.6 is 0 Å². The van der Waals surface area contributed by atoms with Crippen LogP contribution in [0.1, 0.15) is 18.2 Å². The number of fused-ring (bicyclic) bond motifs is 1. The quantitative estimate of drug-likeness (QED) is 0.739. The highest BCUT2D eigenvalue weighted by molar-refractivity contribution is 5.78. The summed E-state index contributed by atoms with van der Waals surface area (Å²) in [5, 5.41) is 5.33. The van der Waals surface area contributed by atoms with Gasteiger partial charge < -0.3 is 4.74 Å². The Morgan fingerprint density at radius 1 is 1.24 bits per heavy atom. The molecule has 0 bridgehead atoms. The molecule has 0 N–H and O–H groups in total. The predicted molar refractivity (Wildman–Crippen MR) is 79.0 cm³/mol. The molecule has 108 valence electrons. The summed E-state index contributed by atoms with van der Waals surface area (Å²) in [7, 11) is 1.64. The molecule has 2 heterocycles. The van der Waals surface area contributed by atoms with Crippen LogP contribution in [-0.4, -0.2) is 21.9 Å². The molecule has 2 aromatic heterocycles. The molecule has 3 rings (SSSR count). The minimum Gasteiger partial charge on any atom is -0.497 e. The van der Waals surface area contributed by atoms with Crippen LogP contribution in [0.4, 0.5) is 4.39 Å². The molecule has 0 aliphatic carbocycles. The number of ether oxygens (including phenoxy) is 1. The molecule has 3 aromatic rings. The maximum absolute atomic E-state index is 13.4. The summed E-state index contributed by atoms with van der Waals surface area (Å²) in [6, 6.07) is 9.30. The molecule has 4 nitrogen and oxygen atoms in total. The van der Waals surface area contributed by atoms with E-state index in [4.69, 9.17) is 4.74 Å². The van der Waals surface area contributed by atoms with Crippen LogP contribution in [0.3, 0.4) is 0 Å². The van der Waals surface area contributed by atoms with Crippen molar-refractivity contribution in [2.24, 2.45) is 0 Å². The van der Waals surface area contributed by atoms with Gasteiger partial charge in [-0.1, -0.05) is 19.1 Å². The molecule has 0 fully saturated rings. The van der Waals surface area contributed by atoms with Crippen molar-refractivity contribution in [1.29, 1.82) is 0 Å². The van der Waals surface area contributed by atoms with Crippen LogP contribution in [0.25, 0.3) is 11.0 Å². The second-order valence-corrected chi connectivity index (χ2v) is 4.83. The molecule has 21 heavy (non-hydrogen) atoms. The van der Waals surface area contributed by atoms with Gasteiger partial charge in [-0.05, 0) is 30.2 Å². The van der Waals surface area contributed by atoms with Crippen molar-refractivity contribution in [3.63, 3.8) is 0 Å². The Labute approximate surface area is 122 Å². The predicted octanol–water partition coefficient (Wildman–Crippen LogP) is 3.19. The Balaban J connectivity index is 1.99. The third-order valence-corrected chi connectivity index (χ3v) is 3.46. The Bertz CT molecular complexity index is 765. The number of benzene rings is 1. The lowest BCUT2D eigenvalue weighted by Crippen LogP contribution is -2.03. The lowest BCUT2D eigenvalue weighted by molar-refractivity contribution is 0.414. The van der Waals surface area contributed by atoms with Gasteiger partial charge in [0.25, 0.3) is 0 Å². The van der Waals surface area contributed by atoms with Crippen molar-refractivity contribution >= 4 is 11.0 Å². The normalized spacial score (nSPS) is 11.0. The van der Waals surface area contributed by atoms with E-state index in [1.165, 1.54) is 12.3 Å². The van der Waals surface area contributed by atoms with Gasteiger partial charge >= 0.3 is 0 Å². The van der Waals surface area contributed by atoms with Crippen molar-refractivity contribution in [2.75, 3.05) is 7.11 Å². The highest BCUT2D eigenvalue weighted by Gasteiger charge is 2.11. The summed E-state index contributed by atoms with van der Waals surface area (Å²) in [6.45, 7) is 2.60. The highest BCUT2D eigenvalue weighted by atomic mass is 19.1. The summed E-state index contributed by atoms with van der Waals surface area (Å²) in [6.07, 6.45) is 1.98. The van der Waals surface area contributed by atoms with Crippen LogP contribution in [0.2, 0.25) is 0 Å². The Morgan fingerprint density at radius 3 is 2.67 bits per heavy atom. The molecule has 0 atom stereocenters. The maximum Gasteiger partial charge on any atom is 0.158 e. The Morgan fingerprint density at radius 2 is 2.00 bits per heavy atom. The molecular weight excluding hydrogens is 269 g/mol. The molecule has 0 aliphatic heterocycles. The van der Waals surface area contributed by atoms with Crippen molar-refractivity contribution in [3.8, 4) is 5.75 Å². The van der Waals surface area contributed by atoms with Crippen LogP contribution in [0.5, 0.6) is 5.75 Å². The SMILES string of the molecule is CCc1nn(Cc2ccc(OC)cc2)c2ncc(F)cc12. The van der Waals surface area contributed by atoms with Gasteiger partial charge in [0.1, 0.15) is 11.6 Å². The molecule has 0 spiro atoms. The molecule has 0 unspecified atom stereocenters. The fourth-order valence-electron chi connectivity index (χ4n) is 2.37. The van der Waals surface area contributed by atoms with Gasteiger partial charge in [0.15, 0.2) is 5.65 Å². The summed E-state index contributed by atoms with van der Waals surface area (Å²) in [5.74, 6) is 0.486. The van der Waals surface area contributed by atoms with Crippen molar-refractivity contribution in [2.45, 2.75) is 19.9 Å². The maximum atomic E-state index is 13.4. The van der Waals surface area contributed by atoms with Crippen molar-refractivity contribution in [1.82, 2.24) is 14.8 Å². The number of methoxy groups -OCH3 is 1. The lowest BCUT2D eigenvalue weighted by atomic mass is 10.2. The van der Waals surface area contributed by atoms with E-state index in [0.29, 0.717) is 12.2 Å². The number of aryl methyl sites for hydroxylation is 1. The second kappa shape index (κ2) is 5.52. The first-order chi connectivity index (χ1) is 10.2. The zero-order valence-electron chi connectivity index (χ0n) is 12.0. The molecule has 5 heteroatoms. The Hall–Kier alpha value is -2.43. The van der Waals surface area contributed by atoms with Crippen molar-refractivity contribution < 1.29 is 9.13 Å². The van der Waals surface area contributed by atoms with E-state index in [9.17, 15) is 4.39 Å². The van der Waals surface area contributed by atoms with E-state index in [-0.39, 0.29) is 5.82 Å². The average Bonchev–Trinajstić information content (AvgIpc) is 2.85. The topological polar surface area (TPSA) is 39.9 Å². The van der Waals surface area contributed by atoms with Gasteiger partial charge in [-0.2, -0.15) is 5.10 Å². The molecule has 0 saturated carbocycles. The summed E-state index contributed by atoms with van der Waals surface area (Å²) in [5.41, 5.74) is 2.67. The van der Waals surface area contributed by atoms with E-state index >= 15 is 0 Å². The fraction of sp³-hybridized carbons (Fsp3) is 0.250. The highest BCUT2D eigenvalue weighted by Crippen LogP contribution is 2.20. The molecule has 0 amide bonds. The molecule has 0 saturated heterocycles. The van der Waals surface area contributed by atoms with Gasteiger partial charge in [0.2, 0.25) is 0 Å². The zero-order chi connectivity index (χ0) is 14.8. The van der Waals surface area contributed by atoms with E-state index in [1.54, 1.807) is 7.11 Å². The largest absolute Gasteiger partial charge is 0.497 e. The number of hydrogen-bond acceptors (Lipinski definition) is 3. The van der Waals surface area contributed by atoms with Crippen LogP contribution < -0.4 is 4.74 Å². The fourth-order valence-corrected chi connectivity index (χ4v) is 2.37. The first-order valence-electron chi connectivity index (χ1n) is 6.85. The first kappa shape index (κ1) is 13.5. The number of halogens is 1. The van der Waals surface area contributed by atoms with E-state index in [2.05, 4.69) is 10.1 Å². The van der Waals surface area contributed by atoms with Gasteiger partial charge in [0.05, 0.1) is 25.5 Å². The summed E-state index contributed by atoms with van der Waals surface area (Å²) < 4.78 is 20.3. The summed E-state index contributed by atoms with van der Waals surface area (Å²) >= 11 is 0. The molecule has 0 radical (unpaired) electrons. The smallest absolute Gasteiger partial charge is 0.158 e. The number of aromatic nitrogens is 3. The molecule has 1 aromatic carbocycles. The first-order valence-corrected chi connectivity index (χ1v) is 6.85. The summed E-state index contributed by atoms with van der Waals surface area (Å²) in [4.78, 5) is 4.18. The van der Waals surface area contributed by atoms with Gasteiger partial charge in [-0.15, -0.1) is 0 Å². The van der Waals surface area contributed by atoms with E-state index in [0.717, 1.165) is 28.8 Å². The Kier molecular flexibility index (Phi) is 3.56. The molecule has 0 aliphatic rings. The number of rotatable bonds is 4. The van der Waals surface area contributed by atoms with Crippen LogP contribution in [0.15, 0.2) is 36.5 Å². The van der Waals surface area contributed by atoms with Gasteiger partial charge in [0, 0.05) is 5.39 Å². The zero-order valence-corrected chi connectivity index (χ0v) is 12.0. The average molecular weight is 285 g/mol. The minimum absolute atomic E-state index is 0.332. The van der Waals surface area contributed by atoms with E-state index < -0.39 is 0 Å². The van der Waals surface area contributed by atoms with E-state index in [1.807, 2.05) is 35.9 Å². The van der Waals surface area contributed by atoms with Crippen LogP contribution in [-0.2, 0) is 13.0 Å². The van der Waals surface area contributed by atoms with Gasteiger partial charge in [-0.3, -0.25) is 0 Å². The minimum atomic E-state index is -0.332. The number of pyridine rings is 1. The number of hydrogen-bond donors (Lipinski definition) is 0. The van der Waals surface area contributed by atoms with Gasteiger partial charge in [-0.25, -0.2) is 14.1 Å². The van der Waals surface area contributed by atoms with Crippen molar-refractivity contribution in [3.05, 3.63) is 53.6 Å². The van der Waals surface area contributed by atoms with Crippen LogP contribution in [0, 0.1) is 5.82 Å². The second-order valence-electron chi connectivity index (χ2n) is 4.83. The molecular formula is C16H16FN3O. The number of nitrogens with zero attached hydrogens (tertiary/aromatic N) is 3. The monoisotopic (exact) mass is 285 g/mol. The standard InChI is InChI=1S/C16H16FN3O/c1-3-15-14-8-12(17)9-18-16(14)20(19-15)10-11-4-6-13(21-2)7-5-11/h4-9H,3,10H2,1-2H3. The third-order valence-electron chi connectivity index (χ3n) is 3.46. The third kappa shape index (κ3) is 2.59. The lowest BCUT2D eigenvalue weighted by Gasteiger charge is -2.04.